The summed E-state index contributed by atoms with van der Waals surface area (Å²) in [6.45, 7) is 5.68. The van der Waals surface area contributed by atoms with Gasteiger partial charge in [0.05, 0.1) is 18.8 Å². The van der Waals surface area contributed by atoms with Crippen LogP contribution in [0.1, 0.15) is 49.2 Å². The Kier molecular flexibility index (Phi) is 4.70. The van der Waals surface area contributed by atoms with E-state index in [1.165, 1.54) is 0 Å². The second-order valence-electron chi connectivity index (χ2n) is 4.66. The molecular weight excluding hydrogens is 216 g/mol. The highest BCUT2D eigenvalue weighted by Crippen LogP contribution is 2.25. The first-order valence-electron chi connectivity index (χ1n) is 5.85. The standard InChI is InChI=1S/C14H20O3/c1-9(2)7-13(16)12-8-11(10(3)15)5-6-14(12)17-4/h5-6,8-10,15H,7H2,1-4H3. The van der Waals surface area contributed by atoms with Gasteiger partial charge in [0.2, 0.25) is 0 Å². The highest BCUT2D eigenvalue weighted by atomic mass is 16.5. The van der Waals surface area contributed by atoms with Crippen LogP contribution >= 0.6 is 0 Å². The third-order valence-corrected chi connectivity index (χ3v) is 2.60. The lowest BCUT2D eigenvalue weighted by Gasteiger charge is -2.12. The summed E-state index contributed by atoms with van der Waals surface area (Å²) in [5, 5.41) is 9.52. The summed E-state index contributed by atoms with van der Waals surface area (Å²) in [6.07, 6.45) is -0.0916. The van der Waals surface area contributed by atoms with E-state index in [9.17, 15) is 9.90 Å². The van der Waals surface area contributed by atoms with Crippen molar-refractivity contribution in [2.24, 2.45) is 5.92 Å². The number of Topliss-reactive ketones (excluding diaryl/α,β-unsaturated/α-hetero) is 1. The number of aliphatic hydroxyl groups excluding tert-OH is 1. The van der Waals surface area contributed by atoms with Crippen LogP contribution in [-0.4, -0.2) is 18.0 Å². The third kappa shape index (κ3) is 3.56. The van der Waals surface area contributed by atoms with Crippen LogP contribution in [0.25, 0.3) is 0 Å². The first kappa shape index (κ1) is 13.7. The molecule has 94 valence electrons. The summed E-state index contributed by atoms with van der Waals surface area (Å²) < 4.78 is 5.18. The molecule has 0 aliphatic rings. The third-order valence-electron chi connectivity index (χ3n) is 2.60. The van der Waals surface area contributed by atoms with E-state index >= 15 is 0 Å². The Hall–Kier alpha value is -1.35. The molecule has 0 aliphatic heterocycles. The van der Waals surface area contributed by atoms with Gasteiger partial charge in [0.15, 0.2) is 5.78 Å². The topological polar surface area (TPSA) is 46.5 Å². The number of ketones is 1. The van der Waals surface area contributed by atoms with Crippen molar-refractivity contribution in [3.8, 4) is 5.75 Å². The number of hydrogen-bond donors (Lipinski definition) is 1. The molecule has 1 N–H and O–H groups in total. The summed E-state index contributed by atoms with van der Waals surface area (Å²) >= 11 is 0. The number of ether oxygens (including phenoxy) is 1. The molecule has 0 amide bonds. The molecule has 0 fully saturated rings. The number of carbonyl (C=O) groups is 1. The molecule has 1 rings (SSSR count). The number of hydrogen-bond acceptors (Lipinski definition) is 3. The van der Waals surface area contributed by atoms with E-state index in [2.05, 4.69) is 0 Å². The summed E-state index contributed by atoms with van der Waals surface area (Å²) in [4.78, 5) is 12.0. The van der Waals surface area contributed by atoms with Gasteiger partial charge in [-0.3, -0.25) is 4.79 Å². The van der Waals surface area contributed by atoms with Crippen molar-refractivity contribution in [2.45, 2.75) is 33.3 Å². The minimum absolute atomic E-state index is 0.0550. The second kappa shape index (κ2) is 5.82. The first-order chi connectivity index (χ1) is 7.95. The molecule has 0 saturated heterocycles. The molecule has 1 aromatic rings. The fraction of sp³-hybridized carbons (Fsp3) is 0.500. The van der Waals surface area contributed by atoms with Crippen LogP contribution in [0.5, 0.6) is 5.75 Å². The van der Waals surface area contributed by atoms with Gasteiger partial charge in [-0.15, -0.1) is 0 Å². The molecule has 3 heteroatoms. The Bertz CT molecular complexity index is 394. The lowest BCUT2D eigenvalue weighted by atomic mass is 9.97. The van der Waals surface area contributed by atoms with Gasteiger partial charge in [-0.2, -0.15) is 0 Å². The summed E-state index contributed by atoms with van der Waals surface area (Å²) in [7, 11) is 1.55. The average molecular weight is 236 g/mol. The molecule has 0 saturated carbocycles. The van der Waals surface area contributed by atoms with Gasteiger partial charge in [-0.25, -0.2) is 0 Å². The largest absolute Gasteiger partial charge is 0.496 e. The molecule has 1 unspecified atom stereocenters. The maximum atomic E-state index is 12.0. The van der Waals surface area contributed by atoms with Crippen molar-refractivity contribution in [3.63, 3.8) is 0 Å². The highest BCUT2D eigenvalue weighted by molar-refractivity contribution is 5.99. The van der Waals surface area contributed by atoms with Gasteiger partial charge in [0, 0.05) is 6.42 Å². The maximum absolute atomic E-state index is 12.0. The minimum atomic E-state index is -0.577. The second-order valence-corrected chi connectivity index (χ2v) is 4.66. The van der Waals surface area contributed by atoms with Gasteiger partial charge in [0.25, 0.3) is 0 Å². The zero-order chi connectivity index (χ0) is 13.0. The molecule has 17 heavy (non-hydrogen) atoms. The molecule has 0 aliphatic carbocycles. The first-order valence-corrected chi connectivity index (χ1v) is 5.85. The van der Waals surface area contributed by atoms with E-state index in [4.69, 9.17) is 4.74 Å². The fourth-order valence-corrected chi connectivity index (χ4v) is 1.68. The zero-order valence-corrected chi connectivity index (χ0v) is 10.9. The van der Waals surface area contributed by atoms with Crippen molar-refractivity contribution in [3.05, 3.63) is 29.3 Å². The van der Waals surface area contributed by atoms with E-state index in [0.717, 1.165) is 5.56 Å². The Morgan fingerprint density at radius 1 is 1.35 bits per heavy atom. The van der Waals surface area contributed by atoms with Gasteiger partial charge < -0.3 is 9.84 Å². The predicted octanol–water partition coefficient (Wildman–Crippen LogP) is 2.98. The van der Waals surface area contributed by atoms with E-state index < -0.39 is 6.10 Å². The quantitative estimate of drug-likeness (QED) is 0.799. The van der Waals surface area contributed by atoms with Crippen LogP contribution in [0.15, 0.2) is 18.2 Å². The molecule has 0 aromatic heterocycles. The zero-order valence-electron chi connectivity index (χ0n) is 10.9. The summed E-state index contributed by atoms with van der Waals surface area (Å²) in [6, 6.07) is 5.22. The number of rotatable bonds is 5. The Morgan fingerprint density at radius 2 is 2.00 bits per heavy atom. The van der Waals surface area contributed by atoms with Crippen LogP contribution in [0.3, 0.4) is 0 Å². The van der Waals surface area contributed by atoms with Crippen LogP contribution in [0, 0.1) is 5.92 Å². The molecule has 1 atom stereocenters. The van der Waals surface area contributed by atoms with Crippen LogP contribution in [-0.2, 0) is 0 Å². The molecule has 0 spiro atoms. The van der Waals surface area contributed by atoms with Crippen molar-refractivity contribution in [2.75, 3.05) is 7.11 Å². The van der Waals surface area contributed by atoms with Crippen LogP contribution in [0.4, 0.5) is 0 Å². The Morgan fingerprint density at radius 3 is 2.47 bits per heavy atom. The van der Waals surface area contributed by atoms with Gasteiger partial charge in [-0.05, 0) is 30.5 Å². The van der Waals surface area contributed by atoms with Gasteiger partial charge >= 0.3 is 0 Å². The number of aliphatic hydroxyl groups is 1. The van der Waals surface area contributed by atoms with Crippen LogP contribution in [0.2, 0.25) is 0 Å². The van der Waals surface area contributed by atoms with Crippen molar-refractivity contribution in [1.29, 1.82) is 0 Å². The number of benzene rings is 1. The normalized spacial score (nSPS) is 12.6. The number of methoxy groups -OCH3 is 1. The van der Waals surface area contributed by atoms with E-state index in [0.29, 0.717) is 23.7 Å². The molecule has 1 aromatic carbocycles. The van der Waals surface area contributed by atoms with E-state index in [1.54, 1.807) is 32.2 Å². The minimum Gasteiger partial charge on any atom is -0.496 e. The SMILES string of the molecule is COc1ccc(C(C)O)cc1C(=O)CC(C)C. The lowest BCUT2D eigenvalue weighted by molar-refractivity contribution is 0.0964. The highest BCUT2D eigenvalue weighted by Gasteiger charge is 2.15. The predicted molar refractivity (Wildman–Crippen MR) is 67.4 cm³/mol. The smallest absolute Gasteiger partial charge is 0.166 e. The van der Waals surface area contributed by atoms with Crippen molar-refractivity contribution >= 4 is 5.78 Å². The van der Waals surface area contributed by atoms with E-state index in [-0.39, 0.29) is 5.78 Å². The van der Waals surface area contributed by atoms with Crippen LogP contribution < -0.4 is 4.74 Å². The Labute approximate surface area is 102 Å². The van der Waals surface area contributed by atoms with Crippen molar-refractivity contribution < 1.29 is 14.6 Å². The molecule has 0 radical (unpaired) electrons. The lowest BCUT2D eigenvalue weighted by Crippen LogP contribution is -2.07. The average Bonchev–Trinajstić information content (AvgIpc) is 2.27. The van der Waals surface area contributed by atoms with Gasteiger partial charge in [0.1, 0.15) is 5.75 Å². The summed E-state index contributed by atoms with van der Waals surface area (Å²) in [5.74, 6) is 0.932. The molecule has 0 heterocycles. The fourth-order valence-electron chi connectivity index (χ4n) is 1.68. The molecule has 3 nitrogen and oxygen atoms in total. The Balaban J connectivity index is 3.09. The maximum Gasteiger partial charge on any atom is 0.166 e. The molecular formula is C14H20O3. The van der Waals surface area contributed by atoms with E-state index in [1.807, 2.05) is 13.8 Å². The summed E-state index contributed by atoms with van der Waals surface area (Å²) in [5.41, 5.74) is 1.29. The molecule has 0 bridgehead atoms. The van der Waals surface area contributed by atoms with Crippen molar-refractivity contribution in [1.82, 2.24) is 0 Å². The number of carbonyl (C=O) groups excluding carboxylic acids is 1. The monoisotopic (exact) mass is 236 g/mol. The van der Waals surface area contributed by atoms with Gasteiger partial charge in [-0.1, -0.05) is 19.9 Å².